The summed E-state index contributed by atoms with van der Waals surface area (Å²) in [7, 11) is 1.63. The zero-order valence-corrected chi connectivity index (χ0v) is 22.1. The van der Waals surface area contributed by atoms with Gasteiger partial charge in [-0.3, -0.25) is 9.69 Å². The highest BCUT2D eigenvalue weighted by molar-refractivity contribution is 7.09. The van der Waals surface area contributed by atoms with Gasteiger partial charge in [-0.05, 0) is 70.3 Å². The molecule has 8 nitrogen and oxygen atoms in total. The number of H-pyrrole nitrogens is 1. The number of tetrazole rings is 1. The smallest absolute Gasteiger partial charge is 0.252 e. The highest BCUT2D eigenvalue weighted by Gasteiger charge is 2.27. The molecule has 0 aliphatic rings. The molecule has 0 bridgehead atoms. The Labute approximate surface area is 223 Å². The second-order valence-corrected chi connectivity index (χ2v) is 10.2. The number of thiophene rings is 1. The summed E-state index contributed by atoms with van der Waals surface area (Å²) in [4.78, 5) is 19.6. The molecule has 0 radical (unpaired) electrons. The van der Waals surface area contributed by atoms with Gasteiger partial charge in [-0.2, -0.15) is 0 Å². The number of rotatable bonds is 11. The normalized spacial score (nSPS) is 12.3. The van der Waals surface area contributed by atoms with Gasteiger partial charge in [-0.15, -0.1) is 16.4 Å². The van der Waals surface area contributed by atoms with Gasteiger partial charge in [-0.25, -0.2) is 9.07 Å². The van der Waals surface area contributed by atoms with Crippen LogP contribution < -0.4 is 10.3 Å². The Bertz CT molecular complexity index is 1550. The third-order valence-electron chi connectivity index (χ3n) is 6.55. The second kappa shape index (κ2) is 11.7. The molecule has 10 heteroatoms. The molecule has 1 N–H and O–H groups in total. The number of hydrogen-bond acceptors (Lipinski definition) is 7. The standard InChI is InChI=1S/C28H29FN6O2S/c1-3-5-26(27-31-32-33-35(27)16-19-7-9-22(29)10-8-19)34(18-24-6-4-13-38-24)17-21-14-20-15-23(37-2)11-12-25(20)30-28(21)36/h4,6-15,26H,3,5,16-18H2,1-2H3,(H,30,36)/t26-/m0/s1. The molecule has 0 aliphatic carbocycles. The predicted molar refractivity (Wildman–Crippen MR) is 146 cm³/mol. The molecule has 0 aliphatic heterocycles. The summed E-state index contributed by atoms with van der Waals surface area (Å²) < 4.78 is 20.6. The molecule has 0 saturated carbocycles. The van der Waals surface area contributed by atoms with E-state index in [0.717, 1.165) is 35.1 Å². The first-order chi connectivity index (χ1) is 18.5. The van der Waals surface area contributed by atoms with Crippen molar-refractivity contribution in [2.24, 2.45) is 0 Å². The highest BCUT2D eigenvalue weighted by atomic mass is 32.1. The van der Waals surface area contributed by atoms with Crippen molar-refractivity contribution in [2.75, 3.05) is 7.11 Å². The topological polar surface area (TPSA) is 88.9 Å². The van der Waals surface area contributed by atoms with Crippen LogP contribution in [0.4, 0.5) is 4.39 Å². The summed E-state index contributed by atoms with van der Waals surface area (Å²) in [6, 6.07) is 17.9. The van der Waals surface area contributed by atoms with E-state index in [1.165, 1.54) is 17.0 Å². The second-order valence-electron chi connectivity index (χ2n) is 9.19. The number of aromatic amines is 1. The summed E-state index contributed by atoms with van der Waals surface area (Å²) >= 11 is 1.68. The lowest BCUT2D eigenvalue weighted by molar-refractivity contribution is 0.157. The first-order valence-corrected chi connectivity index (χ1v) is 13.4. The van der Waals surface area contributed by atoms with Crippen LogP contribution in [0.2, 0.25) is 0 Å². The van der Waals surface area contributed by atoms with Gasteiger partial charge in [0.15, 0.2) is 5.82 Å². The number of ether oxygens (including phenoxy) is 1. The predicted octanol–water partition coefficient (Wildman–Crippen LogP) is 5.32. The summed E-state index contributed by atoms with van der Waals surface area (Å²) in [6.07, 6.45) is 1.70. The largest absolute Gasteiger partial charge is 0.497 e. The maximum Gasteiger partial charge on any atom is 0.252 e. The first-order valence-electron chi connectivity index (χ1n) is 12.5. The Morgan fingerprint density at radius 3 is 2.71 bits per heavy atom. The van der Waals surface area contributed by atoms with Crippen molar-refractivity contribution in [2.45, 2.75) is 45.4 Å². The number of benzene rings is 2. The fourth-order valence-electron chi connectivity index (χ4n) is 4.65. The number of nitrogens with zero attached hydrogens (tertiary/aromatic N) is 5. The van der Waals surface area contributed by atoms with Crippen molar-refractivity contribution in [3.05, 3.63) is 104 Å². The van der Waals surface area contributed by atoms with Crippen LogP contribution in [0.25, 0.3) is 10.9 Å². The van der Waals surface area contributed by atoms with Crippen LogP contribution in [0.1, 0.15) is 47.6 Å². The number of hydrogen-bond donors (Lipinski definition) is 1. The number of halogens is 1. The van der Waals surface area contributed by atoms with Gasteiger partial charge >= 0.3 is 0 Å². The van der Waals surface area contributed by atoms with Crippen LogP contribution in [0.3, 0.4) is 0 Å². The maximum absolute atomic E-state index is 13.5. The van der Waals surface area contributed by atoms with Gasteiger partial charge in [-0.1, -0.05) is 31.5 Å². The van der Waals surface area contributed by atoms with Crippen LogP contribution in [0.5, 0.6) is 5.75 Å². The van der Waals surface area contributed by atoms with Crippen LogP contribution in [0.15, 0.2) is 70.8 Å². The van der Waals surface area contributed by atoms with E-state index >= 15 is 0 Å². The van der Waals surface area contributed by atoms with E-state index in [2.05, 4.69) is 43.8 Å². The molecule has 0 unspecified atom stereocenters. The lowest BCUT2D eigenvalue weighted by Gasteiger charge is -2.30. The Balaban J connectivity index is 1.52. The Hall–Kier alpha value is -3.89. The first kappa shape index (κ1) is 25.7. The SMILES string of the molecule is CCC[C@@H](c1nnnn1Cc1ccc(F)cc1)N(Cc1cccs1)Cc1cc2cc(OC)ccc2[nH]c1=O. The van der Waals surface area contributed by atoms with Gasteiger partial charge in [0.25, 0.3) is 5.56 Å². The third kappa shape index (κ3) is 5.81. The number of fused-ring (bicyclic) bond motifs is 1. The minimum Gasteiger partial charge on any atom is -0.497 e. The van der Waals surface area contributed by atoms with Gasteiger partial charge in [0, 0.05) is 34.4 Å². The van der Waals surface area contributed by atoms with E-state index in [4.69, 9.17) is 4.74 Å². The number of methoxy groups -OCH3 is 1. The minimum atomic E-state index is -0.283. The molecule has 0 fully saturated rings. The summed E-state index contributed by atoms with van der Waals surface area (Å²) in [6.45, 7) is 3.60. The van der Waals surface area contributed by atoms with Gasteiger partial charge in [0.05, 0.1) is 19.7 Å². The molecule has 1 atom stereocenters. The lowest BCUT2D eigenvalue weighted by Crippen LogP contribution is -2.32. The van der Waals surface area contributed by atoms with Crippen molar-refractivity contribution in [3.63, 3.8) is 0 Å². The van der Waals surface area contributed by atoms with Crippen molar-refractivity contribution in [3.8, 4) is 5.75 Å². The fraction of sp³-hybridized carbons (Fsp3) is 0.286. The monoisotopic (exact) mass is 532 g/mol. The maximum atomic E-state index is 13.5. The van der Waals surface area contributed by atoms with E-state index in [1.54, 1.807) is 35.3 Å². The number of nitrogens with one attached hydrogen (secondary N) is 1. The Kier molecular flexibility index (Phi) is 7.90. The molecular weight excluding hydrogens is 503 g/mol. The van der Waals surface area contributed by atoms with E-state index in [0.29, 0.717) is 31.0 Å². The van der Waals surface area contributed by atoms with Crippen molar-refractivity contribution >= 4 is 22.2 Å². The molecule has 5 rings (SSSR count). The zero-order valence-electron chi connectivity index (χ0n) is 21.3. The average molecular weight is 533 g/mol. The molecule has 0 amide bonds. The summed E-state index contributed by atoms with van der Waals surface area (Å²) in [5.74, 6) is 1.16. The Morgan fingerprint density at radius 1 is 1.13 bits per heavy atom. The van der Waals surface area contributed by atoms with Crippen LogP contribution in [-0.4, -0.2) is 37.2 Å². The number of pyridine rings is 1. The fourth-order valence-corrected chi connectivity index (χ4v) is 5.38. The minimum absolute atomic E-state index is 0.125. The van der Waals surface area contributed by atoms with E-state index in [-0.39, 0.29) is 17.4 Å². The van der Waals surface area contributed by atoms with Gasteiger partial charge in [0.2, 0.25) is 0 Å². The average Bonchev–Trinajstić information content (AvgIpc) is 3.61. The third-order valence-corrected chi connectivity index (χ3v) is 7.41. The molecule has 196 valence electrons. The molecular formula is C28H29FN6O2S. The molecule has 38 heavy (non-hydrogen) atoms. The van der Waals surface area contributed by atoms with Gasteiger partial charge < -0.3 is 9.72 Å². The zero-order chi connectivity index (χ0) is 26.5. The van der Waals surface area contributed by atoms with Gasteiger partial charge in [0.1, 0.15) is 11.6 Å². The van der Waals surface area contributed by atoms with Crippen molar-refractivity contribution in [1.82, 2.24) is 30.1 Å². The Morgan fingerprint density at radius 2 is 1.97 bits per heavy atom. The van der Waals surface area contributed by atoms with E-state index in [1.807, 2.05) is 30.3 Å². The van der Waals surface area contributed by atoms with Crippen LogP contribution >= 0.6 is 11.3 Å². The molecule has 3 heterocycles. The molecule has 3 aromatic heterocycles. The molecule has 0 spiro atoms. The highest BCUT2D eigenvalue weighted by Crippen LogP contribution is 2.29. The quantitative estimate of drug-likeness (QED) is 0.248. The van der Waals surface area contributed by atoms with Crippen molar-refractivity contribution in [1.29, 1.82) is 0 Å². The molecule has 0 saturated heterocycles. The summed E-state index contributed by atoms with van der Waals surface area (Å²) in [5.41, 5.74) is 2.19. The summed E-state index contributed by atoms with van der Waals surface area (Å²) in [5, 5.41) is 15.6. The van der Waals surface area contributed by atoms with Crippen molar-refractivity contribution < 1.29 is 9.13 Å². The van der Waals surface area contributed by atoms with E-state index in [9.17, 15) is 9.18 Å². The number of aromatic nitrogens is 5. The van der Waals surface area contributed by atoms with Crippen LogP contribution in [-0.2, 0) is 19.6 Å². The van der Waals surface area contributed by atoms with E-state index < -0.39 is 0 Å². The molecule has 2 aromatic carbocycles. The lowest BCUT2D eigenvalue weighted by atomic mass is 10.1. The molecule has 5 aromatic rings. The van der Waals surface area contributed by atoms with Crippen LogP contribution in [0, 0.1) is 5.82 Å².